The molecule has 0 unspecified atom stereocenters. The summed E-state index contributed by atoms with van der Waals surface area (Å²) in [6.07, 6.45) is 1.90. The summed E-state index contributed by atoms with van der Waals surface area (Å²) in [4.78, 5) is 26.7. The standard InChI is InChI=1S/C27H31N3O5S2/c1-5-35-21-12-10-20(11-13-21)30(37(33,34)23-16-14-22(36-4)15-17-23)18-26(31)29-25-9-7-6-8-24(25)27(32)28-19(2)3/h6-17,19H,5,18H2,1-4H3,(H,28,32)(H,29,31). The van der Waals surface area contributed by atoms with Crippen LogP contribution in [0.1, 0.15) is 31.1 Å². The van der Waals surface area contributed by atoms with Gasteiger partial charge in [-0.3, -0.25) is 13.9 Å². The summed E-state index contributed by atoms with van der Waals surface area (Å²) in [7, 11) is -4.09. The van der Waals surface area contributed by atoms with Gasteiger partial charge in [0.25, 0.3) is 15.9 Å². The number of hydrogen-bond acceptors (Lipinski definition) is 6. The highest BCUT2D eigenvalue weighted by molar-refractivity contribution is 7.98. The van der Waals surface area contributed by atoms with Crippen LogP contribution in [-0.4, -0.2) is 45.7 Å². The van der Waals surface area contributed by atoms with Gasteiger partial charge < -0.3 is 15.4 Å². The first-order valence-electron chi connectivity index (χ1n) is 11.7. The summed E-state index contributed by atoms with van der Waals surface area (Å²) < 4.78 is 33.9. The number of para-hydroxylation sites is 1. The maximum atomic E-state index is 13.7. The van der Waals surface area contributed by atoms with Crippen LogP contribution in [0.15, 0.2) is 82.6 Å². The van der Waals surface area contributed by atoms with Gasteiger partial charge in [0.1, 0.15) is 12.3 Å². The fourth-order valence-corrected chi connectivity index (χ4v) is 5.34. The van der Waals surface area contributed by atoms with Gasteiger partial charge in [0.05, 0.1) is 28.4 Å². The number of amides is 2. The van der Waals surface area contributed by atoms with Gasteiger partial charge in [-0.05, 0) is 87.7 Å². The molecular weight excluding hydrogens is 510 g/mol. The van der Waals surface area contributed by atoms with Crippen LogP contribution in [0.4, 0.5) is 11.4 Å². The van der Waals surface area contributed by atoms with Crippen molar-refractivity contribution >= 4 is 45.0 Å². The summed E-state index contributed by atoms with van der Waals surface area (Å²) in [5.41, 5.74) is 0.880. The number of benzene rings is 3. The van der Waals surface area contributed by atoms with Gasteiger partial charge in [0, 0.05) is 10.9 Å². The first-order chi connectivity index (χ1) is 17.6. The number of nitrogens with zero attached hydrogens (tertiary/aromatic N) is 1. The third kappa shape index (κ3) is 7.27. The van der Waals surface area contributed by atoms with Crippen molar-refractivity contribution in [2.24, 2.45) is 0 Å². The zero-order valence-corrected chi connectivity index (χ0v) is 22.9. The van der Waals surface area contributed by atoms with E-state index >= 15 is 0 Å². The van der Waals surface area contributed by atoms with E-state index in [4.69, 9.17) is 4.74 Å². The molecule has 0 radical (unpaired) electrons. The number of rotatable bonds is 11. The minimum Gasteiger partial charge on any atom is -0.494 e. The molecular formula is C27H31N3O5S2. The van der Waals surface area contributed by atoms with Crippen molar-refractivity contribution < 1.29 is 22.7 Å². The Bertz CT molecular complexity index is 1320. The summed E-state index contributed by atoms with van der Waals surface area (Å²) in [5.74, 6) is -0.346. The largest absolute Gasteiger partial charge is 0.494 e. The van der Waals surface area contributed by atoms with Crippen LogP contribution in [-0.2, 0) is 14.8 Å². The lowest BCUT2D eigenvalue weighted by molar-refractivity contribution is -0.114. The minimum absolute atomic E-state index is 0.0590. The molecule has 0 aliphatic carbocycles. The van der Waals surface area contributed by atoms with Gasteiger partial charge in [0.15, 0.2) is 0 Å². The van der Waals surface area contributed by atoms with Crippen LogP contribution in [0.3, 0.4) is 0 Å². The molecule has 3 aromatic carbocycles. The topological polar surface area (TPSA) is 105 Å². The molecule has 3 aromatic rings. The van der Waals surface area contributed by atoms with Crippen molar-refractivity contribution in [3.63, 3.8) is 0 Å². The van der Waals surface area contributed by atoms with Crippen LogP contribution < -0.4 is 19.7 Å². The van der Waals surface area contributed by atoms with Gasteiger partial charge in [0.2, 0.25) is 5.91 Å². The van der Waals surface area contributed by atoms with Gasteiger partial charge >= 0.3 is 0 Å². The van der Waals surface area contributed by atoms with E-state index in [0.29, 0.717) is 23.7 Å². The minimum atomic E-state index is -4.09. The Morgan fingerprint density at radius 3 is 2.22 bits per heavy atom. The Morgan fingerprint density at radius 1 is 0.973 bits per heavy atom. The molecule has 0 heterocycles. The summed E-state index contributed by atoms with van der Waals surface area (Å²) in [6.45, 7) is 5.50. The van der Waals surface area contributed by atoms with Crippen LogP contribution in [0.5, 0.6) is 5.75 Å². The molecule has 2 amide bonds. The molecule has 196 valence electrons. The van der Waals surface area contributed by atoms with E-state index < -0.39 is 22.5 Å². The fourth-order valence-electron chi connectivity index (χ4n) is 3.52. The molecule has 2 N–H and O–H groups in total. The quantitative estimate of drug-likeness (QED) is 0.339. The second-order valence-electron chi connectivity index (χ2n) is 8.34. The summed E-state index contributed by atoms with van der Waals surface area (Å²) >= 11 is 1.50. The maximum absolute atomic E-state index is 13.7. The second-order valence-corrected chi connectivity index (χ2v) is 11.1. The Hall–Kier alpha value is -3.50. The van der Waals surface area contributed by atoms with Crippen molar-refractivity contribution in [3.05, 3.63) is 78.4 Å². The van der Waals surface area contributed by atoms with Crippen LogP contribution in [0.25, 0.3) is 0 Å². The third-order valence-corrected chi connectivity index (χ3v) is 7.77. The third-order valence-electron chi connectivity index (χ3n) is 5.24. The first-order valence-corrected chi connectivity index (χ1v) is 14.4. The predicted molar refractivity (Wildman–Crippen MR) is 148 cm³/mol. The molecule has 0 fully saturated rings. The predicted octanol–water partition coefficient (Wildman–Crippen LogP) is 4.78. The normalized spacial score (nSPS) is 11.2. The van der Waals surface area contributed by atoms with Crippen LogP contribution in [0, 0.1) is 0 Å². The van der Waals surface area contributed by atoms with Crippen molar-refractivity contribution in [1.82, 2.24) is 5.32 Å². The smallest absolute Gasteiger partial charge is 0.264 e. The lowest BCUT2D eigenvalue weighted by atomic mass is 10.1. The second kappa shape index (κ2) is 12.6. The SMILES string of the molecule is CCOc1ccc(N(CC(=O)Nc2ccccc2C(=O)NC(C)C)S(=O)(=O)c2ccc(SC)cc2)cc1. The Kier molecular flexibility index (Phi) is 9.60. The van der Waals surface area contributed by atoms with E-state index in [9.17, 15) is 18.0 Å². The van der Waals surface area contributed by atoms with Gasteiger partial charge in [-0.2, -0.15) is 0 Å². The van der Waals surface area contributed by atoms with E-state index in [1.54, 1.807) is 60.7 Å². The van der Waals surface area contributed by atoms with Gasteiger partial charge in [-0.25, -0.2) is 8.42 Å². The molecule has 0 spiro atoms. The zero-order valence-electron chi connectivity index (χ0n) is 21.2. The molecule has 0 aliphatic rings. The number of anilines is 2. The molecule has 10 heteroatoms. The maximum Gasteiger partial charge on any atom is 0.264 e. The fraction of sp³-hybridized carbons (Fsp3) is 0.259. The number of hydrogen-bond donors (Lipinski definition) is 2. The number of sulfonamides is 1. The van der Waals surface area contributed by atoms with Crippen molar-refractivity contribution in [1.29, 1.82) is 0 Å². The number of ether oxygens (including phenoxy) is 1. The first kappa shape index (κ1) is 28.1. The van der Waals surface area contributed by atoms with Crippen LogP contribution in [0.2, 0.25) is 0 Å². The number of carbonyl (C=O) groups excluding carboxylic acids is 2. The van der Waals surface area contributed by atoms with Crippen molar-refractivity contribution in [2.75, 3.05) is 29.0 Å². The monoisotopic (exact) mass is 541 g/mol. The van der Waals surface area contributed by atoms with Crippen molar-refractivity contribution in [3.8, 4) is 5.75 Å². The highest BCUT2D eigenvalue weighted by Gasteiger charge is 2.28. The Labute approximate surface area is 222 Å². The summed E-state index contributed by atoms with van der Waals surface area (Å²) in [6, 6.07) is 19.5. The van der Waals surface area contributed by atoms with E-state index in [0.717, 1.165) is 9.20 Å². The van der Waals surface area contributed by atoms with Crippen molar-refractivity contribution in [2.45, 2.75) is 36.6 Å². The molecule has 0 aliphatic heterocycles. The molecule has 3 rings (SSSR count). The number of thioether (sulfide) groups is 1. The molecule has 0 saturated heterocycles. The Morgan fingerprint density at radius 2 is 1.62 bits per heavy atom. The lowest BCUT2D eigenvalue weighted by Crippen LogP contribution is -2.38. The number of nitrogens with one attached hydrogen (secondary N) is 2. The highest BCUT2D eigenvalue weighted by atomic mass is 32.2. The highest BCUT2D eigenvalue weighted by Crippen LogP contribution is 2.27. The van der Waals surface area contributed by atoms with Gasteiger partial charge in [-0.15, -0.1) is 11.8 Å². The molecule has 0 saturated carbocycles. The Balaban J connectivity index is 1.93. The lowest BCUT2D eigenvalue weighted by Gasteiger charge is -2.24. The molecule has 0 aromatic heterocycles. The van der Waals surface area contributed by atoms with Crippen LogP contribution >= 0.6 is 11.8 Å². The zero-order chi connectivity index (χ0) is 27.0. The number of carbonyl (C=O) groups is 2. The average Bonchev–Trinajstić information content (AvgIpc) is 2.88. The molecule has 37 heavy (non-hydrogen) atoms. The van der Waals surface area contributed by atoms with E-state index in [1.165, 1.54) is 23.9 Å². The van der Waals surface area contributed by atoms with E-state index in [2.05, 4.69) is 10.6 Å². The molecule has 0 bridgehead atoms. The average molecular weight is 542 g/mol. The summed E-state index contributed by atoms with van der Waals surface area (Å²) in [5, 5.41) is 5.50. The molecule has 8 nitrogen and oxygen atoms in total. The van der Waals surface area contributed by atoms with Gasteiger partial charge in [-0.1, -0.05) is 12.1 Å². The molecule has 0 atom stereocenters. The van der Waals surface area contributed by atoms with E-state index in [-0.39, 0.29) is 22.4 Å². The van der Waals surface area contributed by atoms with E-state index in [1.807, 2.05) is 27.0 Å².